The van der Waals surface area contributed by atoms with Crippen LogP contribution in [0.15, 0.2) is 6.20 Å². The number of amides is 2. The third-order valence-electron chi connectivity index (χ3n) is 5.02. The van der Waals surface area contributed by atoms with E-state index >= 15 is 0 Å². The zero-order chi connectivity index (χ0) is 17.3. The second-order valence-electron chi connectivity index (χ2n) is 7.28. The van der Waals surface area contributed by atoms with Crippen LogP contribution in [-0.2, 0) is 11.8 Å². The molecule has 2 fully saturated rings. The van der Waals surface area contributed by atoms with Gasteiger partial charge in [-0.1, -0.05) is 20.8 Å². The average molecular weight is 335 g/mol. The Morgan fingerprint density at radius 2 is 2.04 bits per heavy atom. The molecule has 2 aliphatic rings. The number of carbonyl (C=O) groups excluding carboxylic acids is 1. The summed E-state index contributed by atoms with van der Waals surface area (Å²) in [6, 6.07) is 0.408. The van der Waals surface area contributed by atoms with E-state index in [1.807, 2.05) is 18.1 Å². The monoisotopic (exact) mass is 335 g/mol. The van der Waals surface area contributed by atoms with Crippen LogP contribution in [0, 0.1) is 5.92 Å². The molecule has 0 bridgehead atoms. The molecule has 0 saturated carbocycles. The molecule has 1 aromatic heterocycles. The largest absolute Gasteiger partial charge is 0.379 e. The number of nitrogens with zero attached hydrogens (tertiary/aromatic N) is 4. The van der Waals surface area contributed by atoms with Crippen LogP contribution < -0.4 is 5.32 Å². The highest BCUT2D eigenvalue weighted by atomic mass is 16.5. The molecule has 1 N–H and O–H groups in total. The number of hydrogen-bond acceptors (Lipinski definition) is 4. The van der Waals surface area contributed by atoms with Crippen LogP contribution in [0.5, 0.6) is 0 Å². The zero-order valence-corrected chi connectivity index (χ0v) is 15.2. The fourth-order valence-electron chi connectivity index (χ4n) is 3.72. The Balaban J connectivity index is 1.64. The van der Waals surface area contributed by atoms with Gasteiger partial charge in [-0.3, -0.25) is 9.58 Å². The second kappa shape index (κ2) is 7.11. The Morgan fingerprint density at radius 1 is 1.33 bits per heavy atom. The van der Waals surface area contributed by atoms with Gasteiger partial charge in [0.25, 0.3) is 0 Å². The Labute approximate surface area is 143 Å². The smallest absolute Gasteiger partial charge is 0.322 e. The van der Waals surface area contributed by atoms with Gasteiger partial charge >= 0.3 is 6.03 Å². The van der Waals surface area contributed by atoms with Crippen LogP contribution in [0.25, 0.3) is 0 Å². The van der Waals surface area contributed by atoms with Crippen LogP contribution in [0.2, 0.25) is 0 Å². The van der Waals surface area contributed by atoms with Crippen molar-refractivity contribution >= 4 is 11.7 Å². The molecule has 3 rings (SSSR count). The Morgan fingerprint density at radius 3 is 2.71 bits per heavy atom. The molecule has 0 aliphatic carbocycles. The summed E-state index contributed by atoms with van der Waals surface area (Å²) >= 11 is 0. The first-order chi connectivity index (χ1) is 11.5. The summed E-state index contributed by atoms with van der Waals surface area (Å²) in [4.78, 5) is 17.1. The van der Waals surface area contributed by atoms with Crippen molar-refractivity contribution in [3.05, 3.63) is 11.9 Å². The summed E-state index contributed by atoms with van der Waals surface area (Å²) in [7, 11) is 1.88. The zero-order valence-electron chi connectivity index (χ0n) is 15.2. The van der Waals surface area contributed by atoms with Gasteiger partial charge in [0, 0.05) is 45.5 Å². The summed E-state index contributed by atoms with van der Waals surface area (Å²) in [6.45, 7) is 11.5. The number of aryl methyl sites for hydroxylation is 1. The van der Waals surface area contributed by atoms with Crippen molar-refractivity contribution in [3.8, 4) is 0 Å². The molecule has 0 unspecified atom stereocenters. The van der Waals surface area contributed by atoms with Crippen LogP contribution in [0.1, 0.15) is 32.4 Å². The van der Waals surface area contributed by atoms with E-state index in [4.69, 9.17) is 4.74 Å². The first-order valence-electron chi connectivity index (χ1n) is 8.87. The van der Waals surface area contributed by atoms with Gasteiger partial charge in [-0.05, 0) is 11.8 Å². The number of carbonyl (C=O) groups is 1. The quantitative estimate of drug-likeness (QED) is 0.914. The minimum absolute atomic E-state index is 0.0208. The van der Waals surface area contributed by atoms with Crippen molar-refractivity contribution in [2.24, 2.45) is 13.0 Å². The number of aromatic nitrogens is 2. The standard InChI is InChI=1S/C17H29N5O2/c1-12(2)16-14(10-20(4)19-16)18-17(23)22-9-13(3)15(11-22)21-5-7-24-8-6-21/h10,12-13,15H,5-9,11H2,1-4H3,(H,18,23)/t13-,15-/m1/s1. The molecule has 2 aliphatic heterocycles. The van der Waals surface area contributed by atoms with Crippen molar-refractivity contribution in [1.29, 1.82) is 0 Å². The summed E-state index contributed by atoms with van der Waals surface area (Å²) in [5.74, 6) is 0.757. The predicted octanol–water partition coefficient (Wildman–Crippen LogP) is 1.73. The van der Waals surface area contributed by atoms with E-state index in [9.17, 15) is 4.79 Å². The minimum Gasteiger partial charge on any atom is -0.379 e. The van der Waals surface area contributed by atoms with Crippen molar-refractivity contribution in [2.45, 2.75) is 32.7 Å². The summed E-state index contributed by atoms with van der Waals surface area (Å²) in [5, 5.41) is 7.51. The van der Waals surface area contributed by atoms with E-state index in [1.54, 1.807) is 4.68 Å². The van der Waals surface area contributed by atoms with Gasteiger partial charge in [0.2, 0.25) is 0 Å². The molecular weight excluding hydrogens is 306 g/mol. The molecule has 24 heavy (non-hydrogen) atoms. The molecule has 7 heteroatoms. The highest BCUT2D eigenvalue weighted by Crippen LogP contribution is 2.26. The highest BCUT2D eigenvalue weighted by molar-refractivity contribution is 5.90. The molecule has 7 nitrogen and oxygen atoms in total. The fourth-order valence-corrected chi connectivity index (χ4v) is 3.72. The highest BCUT2D eigenvalue weighted by Gasteiger charge is 2.36. The van der Waals surface area contributed by atoms with Gasteiger partial charge in [0.05, 0.1) is 24.6 Å². The van der Waals surface area contributed by atoms with Crippen molar-refractivity contribution in [1.82, 2.24) is 19.6 Å². The van der Waals surface area contributed by atoms with Gasteiger partial charge in [-0.15, -0.1) is 0 Å². The molecular formula is C17H29N5O2. The number of likely N-dealkylation sites (tertiary alicyclic amines) is 1. The van der Waals surface area contributed by atoms with Crippen LogP contribution in [0.3, 0.4) is 0 Å². The van der Waals surface area contributed by atoms with Crippen LogP contribution in [-0.4, -0.2) is 71.0 Å². The number of hydrogen-bond donors (Lipinski definition) is 1. The molecule has 2 saturated heterocycles. The molecule has 134 valence electrons. The number of ether oxygens (including phenoxy) is 1. The van der Waals surface area contributed by atoms with Gasteiger partial charge in [0.1, 0.15) is 0 Å². The maximum atomic E-state index is 12.7. The Hall–Kier alpha value is -1.60. The summed E-state index contributed by atoms with van der Waals surface area (Å²) < 4.78 is 7.20. The van der Waals surface area contributed by atoms with E-state index in [0.29, 0.717) is 12.0 Å². The van der Waals surface area contributed by atoms with E-state index in [0.717, 1.165) is 50.8 Å². The molecule has 2 atom stereocenters. The fraction of sp³-hybridized carbons (Fsp3) is 0.765. The molecule has 1 aromatic rings. The molecule has 3 heterocycles. The van der Waals surface area contributed by atoms with E-state index in [1.165, 1.54) is 0 Å². The first kappa shape index (κ1) is 17.2. The lowest BCUT2D eigenvalue weighted by Gasteiger charge is -2.33. The Kier molecular flexibility index (Phi) is 5.10. The van der Waals surface area contributed by atoms with Crippen LogP contribution in [0.4, 0.5) is 10.5 Å². The number of nitrogens with one attached hydrogen (secondary N) is 1. The topological polar surface area (TPSA) is 62.6 Å². The van der Waals surface area contributed by atoms with Gasteiger partial charge < -0.3 is 15.0 Å². The summed E-state index contributed by atoms with van der Waals surface area (Å²) in [6.07, 6.45) is 1.88. The number of morpholine rings is 1. The minimum atomic E-state index is -0.0208. The van der Waals surface area contributed by atoms with E-state index in [2.05, 4.69) is 36.1 Å². The lowest BCUT2D eigenvalue weighted by Crippen LogP contribution is -2.47. The van der Waals surface area contributed by atoms with Crippen LogP contribution >= 0.6 is 0 Å². The second-order valence-corrected chi connectivity index (χ2v) is 7.28. The van der Waals surface area contributed by atoms with E-state index < -0.39 is 0 Å². The number of anilines is 1. The Bertz CT molecular complexity index is 580. The molecule has 0 radical (unpaired) electrons. The van der Waals surface area contributed by atoms with Crippen molar-refractivity contribution in [2.75, 3.05) is 44.7 Å². The molecule has 2 amide bonds. The third kappa shape index (κ3) is 3.57. The molecule has 0 spiro atoms. The third-order valence-corrected chi connectivity index (χ3v) is 5.02. The van der Waals surface area contributed by atoms with Gasteiger partial charge in [-0.25, -0.2) is 4.79 Å². The maximum Gasteiger partial charge on any atom is 0.322 e. The molecule has 0 aromatic carbocycles. The van der Waals surface area contributed by atoms with Crippen molar-refractivity contribution < 1.29 is 9.53 Å². The summed E-state index contributed by atoms with van der Waals surface area (Å²) in [5.41, 5.74) is 1.75. The first-order valence-corrected chi connectivity index (χ1v) is 8.87. The van der Waals surface area contributed by atoms with Gasteiger partial charge in [-0.2, -0.15) is 5.10 Å². The van der Waals surface area contributed by atoms with Gasteiger partial charge in [0.15, 0.2) is 0 Å². The van der Waals surface area contributed by atoms with E-state index in [-0.39, 0.29) is 11.9 Å². The maximum absolute atomic E-state index is 12.7. The normalized spacial score (nSPS) is 25.5. The lowest BCUT2D eigenvalue weighted by molar-refractivity contribution is 0.0123. The number of urea groups is 1. The predicted molar refractivity (Wildman–Crippen MR) is 93.2 cm³/mol. The SMILES string of the molecule is CC(C)c1nn(C)cc1NC(=O)N1C[C@@H](C)[C@H](N2CCOCC2)C1. The van der Waals surface area contributed by atoms with Crippen molar-refractivity contribution in [3.63, 3.8) is 0 Å². The lowest BCUT2D eigenvalue weighted by atomic mass is 10.0. The average Bonchev–Trinajstić information content (AvgIpc) is 3.11. The number of rotatable bonds is 3.